The number of nitrogens with one attached hydrogen (secondary N) is 1. The monoisotopic (exact) mass is 476 g/mol. The Kier molecular flexibility index (Phi) is 8.51. The minimum Gasteiger partial charge on any atom is -0.350 e. The lowest BCUT2D eigenvalue weighted by molar-refractivity contribution is -0.141. The summed E-state index contributed by atoms with van der Waals surface area (Å²) in [6.45, 7) is 8.13. The van der Waals surface area contributed by atoms with Gasteiger partial charge in [-0.05, 0) is 56.5 Å². The first kappa shape index (κ1) is 25.5. The van der Waals surface area contributed by atoms with Gasteiger partial charge >= 0.3 is 0 Å². The molecule has 3 aromatic carbocycles. The predicted octanol–water partition coefficient (Wildman–Crippen LogP) is 5.75. The molecule has 2 amide bonds. The molecular formula is C29H33ClN2O2. The summed E-state index contributed by atoms with van der Waals surface area (Å²) in [6, 6.07) is 24.5. The van der Waals surface area contributed by atoms with Crippen LogP contribution in [0.5, 0.6) is 0 Å². The van der Waals surface area contributed by atoms with Gasteiger partial charge in [0, 0.05) is 23.5 Å². The number of rotatable bonds is 8. The molecule has 1 N–H and O–H groups in total. The zero-order chi connectivity index (χ0) is 24.7. The maximum absolute atomic E-state index is 13.7. The molecule has 0 radical (unpaired) electrons. The van der Waals surface area contributed by atoms with Crippen LogP contribution in [0, 0.1) is 6.92 Å². The minimum absolute atomic E-state index is 0.101. The normalized spacial score (nSPS) is 12.1. The lowest BCUT2D eigenvalue weighted by atomic mass is 9.99. The van der Waals surface area contributed by atoms with Gasteiger partial charge in [-0.2, -0.15) is 0 Å². The molecule has 34 heavy (non-hydrogen) atoms. The number of halogens is 1. The summed E-state index contributed by atoms with van der Waals surface area (Å²) in [5, 5.41) is 3.69. The molecule has 1 atom stereocenters. The highest BCUT2D eigenvalue weighted by molar-refractivity contribution is 6.30. The Morgan fingerprint density at radius 1 is 0.882 bits per heavy atom. The number of hydrogen-bond acceptors (Lipinski definition) is 2. The summed E-state index contributed by atoms with van der Waals surface area (Å²) in [5.74, 6) is -0.272. The van der Waals surface area contributed by atoms with Crippen molar-refractivity contribution in [1.82, 2.24) is 10.2 Å². The number of nitrogens with zero attached hydrogens (tertiary/aromatic N) is 1. The van der Waals surface area contributed by atoms with Crippen LogP contribution in [-0.4, -0.2) is 28.3 Å². The minimum atomic E-state index is -0.669. The molecule has 5 heteroatoms. The van der Waals surface area contributed by atoms with Gasteiger partial charge < -0.3 is 10.2 Å². The third kappa shape index (κ3) is 7.74. The molecule has 3 aromatic rings. The van der Waals surface area contributed by atoms with Crippen molar-refractivity contribution in [3.8, 4) is 0 Å². The fourth-order valence-electron chi connectivity index (χ4n) is 3.94. The first-order valence-electron chi connectivity index (χ1n) is 11.6. The van der Waals surface area contributed by atoms with Crippen LogP contribution in [-0.2, 0) is 29.0 Å². The van der Waals surface area contributed by atoms with Crippen molar-refractivity contribution in [3.63, 3.8) is 0 Å². The standard InChI is InChI=1S/C29H33ClN2O2/c1-21-10-8-13-23(16-21)19-27(33)32(20-24-14-9-15-25(30)17-24)26(28(34)31-29(2,3)4)18-22-11-6-5-7-12-22/h5-17,26H,18-20H2,1-4H3,(H,31,34)/t26-/m0/s1. The zero-order valence-electron chi connectivity index (χ0n) is 20.3. The number of carbonyl (C=O) groups is 2. The quantitative estimate of drug-likeness (QED) is 0.450. The lowest BCUT2D eigenvalue weighted by Crippen LogP contribution is -2.54. The van der Waals surface area contributed by atoms with Crippen LogP contribution >= 0.6 is 11.6 Å². The van der Waals surface area contributed by atoms with Gasteiger partial charge in [-0.1, -0.05) is 83.9 Å². The summed E-state index contributed by atoms with van der Waals surface area (Å²) in [4.78, 5) is 29.0. The van der Waals surface area contributed by atoms with Crippen LogP contribution in [0.2, 0.25) is 5.02 Å². The third-order valence-corrected chi connectivity index (χ3v) is 5.68. The van der Waals surface area contributed by atoms with Gasteiger partial charge in [0.15, 0.2) is 0 Å². The fraction of sp³-hybridized carbons (Fsp3) is 0.310. The third-order valence-electron chi connectivity index (χ3n) is 5.45. The molecule has 0 bridgehead atoms. The molecule has 0 aromatic heterocycles. The highest BCUT2D eigenvalue weighted by Crippen LogP contribution is 2.19. The van der Waals surface area contributed by atoms with E-state index >= 15 is 0 Å². The van der Waals surface area contributed by atoms with Crippen molar-refractivity contribution < 1.29 is 9.59 Å². The van der Waals surface area contributed by atoms with Crippen molar-refractivity contribution in [2.45, 2.75) is 58.7 Å². The number of carbonyl (C=O) groups excluding carboxylic acids is 2. The first-order valence-corrected chi connectivity index (χ1v) is 11.9. The average molecular weight is 477 g/mol. The van der Waals surface area contributed by atoms with Gasteiger partial charge in [-0.25, -0.2) is 0 Å². The Bertz CT molecular complexity index is 1120. The van der Waals surface area contributed by atoms with E-state index in [1.807, 2.05) is 100 Å². The van der Waals surface area contributed by atoms with E-state index in [9.17, 15) is 9.59 Å². The van der Waals surface area contributed by atoms with Crippen LogP contribution in [0.1, 0.15) is 43.0 Å². The van der Waals surface area contributed by atoms with Crippen molar-refractivity contribution in [1.29, 1.82) is 0 Å². The zero-order valence-corrected chi connectivity index (χ0v) is 21.1. The van der Waals surface area contributed by atoms with Crippen molar-refractivity contribution >= 4 is 23.4 Å². The summed E-state index contributed by atoms with van der Waals surface area (Å²) < 4.78 is 0. The number of benzene rings is 3. The Morgan fingerprint density at radius 3 is 2.18 bits per heavy atom. The van der Waals surface area contributed by atoms with Gasteiger partial charge in [-0.3, -0.25) is 9.59 Å². The van der Waals surface area contributed by atoms with E-state index in [-0.39, 0.29) is 18.2 Å². The number of amides is 2. The second kappa shape index (κ2) is 11.3. The van der Waals surface area contributed by atoms with E-state index in [0.29, 0.717) is 18.0 Å². The van der Waals surface area contributed by atoms with E-state index in [1.165, 1.54) is 0 Å². The van der Waals surface area contributed by atoms with Gasteiger partial charge in [-0.15, -0.1) is 0 Å². The van der Waals surface area contributed by atoms with E-state index in [0.717, 1.165) is 22.3 Å². The molecule has 0 fully saturated rings. The van der Waals surface area contributed by atoms with E-state index in [1.54, 1.807) is 11.0 Å². The van der Waals surface area contributed by atoms with E-state index < -0.39 is 11.6 Å². The Hall–Kier alpha value is -3.11. The number of aryl methyl sites for hydroxylation is 1. The smallest absolute Gasteiger partial charge is 0.243 e. The van der Waals surface area contributed by atoms with Crippen LogP contribution < -0.4 is 5.32 Å². The molecule has 0 saturated carbocycles. The lowest BCUT2D eigenvalue weighted by Gasteiger charge is -2.34. The Labute approximate surface area is 207 Å². The summed E-state index contributed by atoms with van der Waals surface area (Å²) in [7, 11) is 0. The maximum atomic E-state index is 13.7. The molecule has 0 saturated heterocycles. The van der Waals surface area contributed by atoms with Gasteiger partial charge in [0.05, 0.1) is 6.42 Å². The molecule has 0 aliphatic heterocycles. The first-order chi connectivity index (χ1) is 16.1. The molecule has 3 rings (SSSR count). The molecule has 4 nitrogen and oxygen atoms in total. The van der Waals surface area contributed by atoms with Crippen LogP contribution in [0.25, 0.3) is 0 Å². The van der Waals surface area contributed by atoms with Gasteiger partial charge in [0.1, 0.15) is 6.04 Å². The van der Waals surface area contributed by atoms with Crippen molar-refractivity contribution in [3.05, 3.63) is 106 Å². The molecular weight excluding hydrogens is 444 g/mol. The largest absolute Gasteiger partial charge is 0.350 e. The van der Waals surface area contributed by atoms with E-state index in [4.69, 9.17) is 11.6 Å². The SMILES string of the molecule is Cc1cccc(CC(=O)N(Cc2cccc(Cl)c2)[C@@H](Cc2ccccc2)C(=O)NC(C)(C)C)c1. The summed E-state index contributed by atoms with van der Waals surface area (Å²) >= 11 is 6.23. The highest BCUT2D eigenvalue weighted by Gasteiger charge is 2.32. The predicted molar refractivity (Wildman–Crippen MR) is 139 cm³/mol. The maximum Gasteiger partial charge on any atom is 0.243 e. The van der Waals surface area contributed by atoms with E-state index in [2.05, 4.69) is 5.32 Å². The molecule has 0 spiro atoms. The highest BCUT2D eigenvalue weighted by atomic mass is 35.5. The fourth-order valence-corrected chi connectivity index (χ4v) is 4.15. The second-order valence-electron chi connectivity index (χ2n) is 9.76. The molecule has 178 valence electrons. The van der Waals surface area contributed by atoms with Crippen LogP contribution in [0.3, 0.4) is 0 Å². The van der Waals surface area contributed by atoms with Crippen LogP contribution in [0.15, 0.2) is 78.9 Å². The van der Waals surface area contributed by atoms with Crippen LogP contribution in [0.4, 0.5) is 0 Å². The Balaban J connectivity index is 1.99. The molecule has 0 aliphatic carbocycles. The molecule has 0 aliphatic rings. The summed E-state index contributed by atoms with van der Waals surface area (Å²) in [6.07, 6.45) is 0.638. The Morgan fingerprint density at radius 2 is 1.53 bits per heavy atom. The van der Waals surface area contributed by atoms with Crippen molar-refractivity contribution in [2.75, 3.05) is 0 Å². The molecule has 0 unspecified atom stereocenters. The number of hydrogen-bond donors (Lipinski definition) is 1. The summed E-state index contributed by atoms with van der Waals surface area (Å²) in [5.41, 5.74) is 3.48. The van der Waals surface area contributed by atoms with Gasteiger partial charge in [0.25, 0.3) is 0 Å². The van der Waals surface area contributed by atoms with Crippen molar-refractivity contribution in [2.24, 2.45) is 0 Å². The topological polar surface area (TPSA) is 49.4 Å². The van der Waals surface area contributed by atoms with Gasteiger partial charge in [0.2, 0.25) is 11.8 Å². The molecule has 0 heterocycles. The average Bonchev–Trinajstić information content (AvgIpc) is 2.75. The second-order valence-corrected chi connectivity index (χ2v) is 10.2.